The third-order valence-corrected chi connectivity index (χ3v) is 10.2. The molecule has 2 aromatic carbocycles. The summed E-state index contributed by atoms with van der Waals surface area (Å²) in [4.78, 5) is 46.2. The second-order valence-corrected chi connectivity index (χ2v) is 13.0. The number of benzene rings is 2. The van der Waals surface area contributed by atoms with E-state index >= 15 is 0 Å². The summed E-state index contributed by atoms with van der Waals surface area (Å²) in [5.41, 5.74) is 3.78. The van der Waals surface area contributed by atoms with Crippen LogP contribution in [0.2, 0.25) is 0 Å². The zero-order valence-electron chi connectivity index (χ0n) is 25.9. The largest absolute Gasteiger partial charge is 0.438 e. The van der Waals surface area contributed by atoms with Gasteiger partial charge in [-0.1, -0.05) is 30.7 Å². The van der Waals surface area contributed by atoms with Crippen LogP contribution >= 0.6 is 0 Å². The van der Waals surface area contributed by atoms with Crippen LogP contribution in [0.15, 0.2) is 42.6 Å². The number of aromatic nitrogens is 2. The van der Waals surface area contributed by atoms with Crippen molar-refractivity contribution < 1.29 is 23.9 Å². The molecule has 1 atom stereocenters. The number of hydrogen-bond acceptors (Lipinski definition) is 7. The smallest absolute Gasteiger partial charge is 0.412 e. The van der Waals surface area contributed by atoms with Crippen molar-refractivity contribution in [2.75, 3.05) is 44.6 Å². The van der Waals surface area contributed by atoms with Crippen molar-refractivity contribution in [3.05, 3.63) is 59.3 Å². The number of nitrogens with one attached hydrogen (secondary N) is 2. The number of carbonyl (C=O) groups is 3. The Hall–Kier alpha value is -4.12. The fraction of sp³-hybridized carbons (Fsp3) is 0.529. The number of rotatable bonds is 5. The van der Waals surface area contributed by atoms with Crippen LogP contribution in [0.1, 0.15) is 61.6 Å². The Morgan fingerprint density at radius 1 is 1.02 bits per heavy atom. The summed E-state index contributed by atoms with van der Waals surface area (Å²) in [6.45, 7) is 6.33. The zero-order valence-corrected chi connectivity index (χ0v) is 25.9. The third kappa shape index (κ3) is 5.97. The lowest BCUT2D eigenvalue weighted by Crippen LogP contribution is -2.53. The van der Waals surface area contributed by atoms with Crippen molar-refractivity contribution in [1.82, 2.24) is 24.9 Å². The number of anilines is 1. The number of amides is 3. The van der Waals surface area contributed by atoms with E-state index < -0.39 is 23.9 Å². The highest BCUT2D eigenvalue weighted by molar-refractivity contribution is 5.89. The molecule has 0 unspecified atom stereocenters. The molecular formula is C34H42N6O5. The van der Waals surface area contributed by atoms with E-state index in [2.05, 4.69) is 20.4 Å². The Morgan fingerprint density at radius 2 is 1.78 bits per heavy atom. The summed E-state index contributed by atoms with van der Waals surface area (Å²) in [5, 5.41) is 10.9. The molecule has 4 aliphatic rings. The molecule has 0 bridgehead atoms. The summed E-state index contributed by atoms with van der Waals surface area (Å²) in [6, 6.07) is 12.2. The minimum atomic E-state index is -0.943. The van der Waals surface area contributed by atoms with Crippen LogP contribution in [-0.4, -0.2) is 94.4 Å². The Bertz CT molecular complexity index is 1570. The van der Waals surface area contributed by atoms with Crippen molar-refractivity contribution in [2.45, 2.75) is 76.0 Å². The fourth-order valence-electron chi connectivity index (χ4n) is 7.74. The molecule has 0 saturated carbocycles. The summed E-state index contributed by atoms with van der Waals surface area (Å²) < 4.78 is 11.9. The van der Waals surface area contributed by atoms with E-state index in [1.165, 1.54) is 19.3 Å². The molecule has 7 rings (SSSR count). The molecule has 45 heavy (non-hydrogen) atoms. The first-order valence-electron chi connectivity index (χ1n) is 16.4. The number of aryl methyl sites for hydroxylation is 1. The van der Waals surface area contributed by atoms with Crippen molar-refractivity contribution in [3.63, 3.8) is 0 Å². The van der Waals surface area contributed by atoms with Gasteiger partial charge in [0.1, 0.15) is 5.60 Å². The van der Waals surface area contributed by atoms with Gasteiger partial charge >= 0.3 is 12.2 Å². The van der Waals surface area contributed by atoms with E-state index in [1.54, 1.807) is 11.1 Å². The molecule has 1 spiro atoms. The predicted octanol–water partition coefficient (Wildman–Crippen LogP) is 4.95. The number of fused-ring (bicyclic) bond motifs is 3. The first kappa shape index (κ1) is 29.6. The average Bonchev–Trinajstić information content (AvgIpc) is 3.54. The Balaban J connectivity index is 1.05. The normalized spacial score (nSPS) is 21.2. The van der Waals surface area contributed by atoms with E-state index in [9.17, 15) is 14.4 Å². The molecule has 1 aromatic heterocycles. The fourth-order valence-corrected chi connectivity index (χ4v) is 7.74. The number of ether oxygens (including phenoxy) is 2. The van der Waals surface area contributed by atoms with Crippen LogP contribution in [0.3, 0.4) is 0 Å². The number of likely N-dealkylation sites (tertiary alicyclic amines) is 3. The van der Waals surface area contributed by atoms with Gasteiger partial charge in [0.25, 0.3) is 5.91 Å². The lowest BCUT2D eigenvalue weighted by Gasteiger charge is -2.44. The van der Waals surface area contributed by atoms with E-state index in [-0.39, 0.29) is 12.3 Å². The number of nitrogens with zero attached hydrogens (tertiary/aromatic N) is 4. The van der Waals surface area contributed by atoms with Crippen LogP contribution in [0, 0.1) is 6.92 Å². The molecule has 4 aliphatic heterocycles. The molecule has 11 nitrogen and oxygen atoms in total. The molecule has 0 radical (unpaired) electrons. The van der Waals surface area contributed by atoms with Crippen molar-refractivity contribution >= 4 is 34.7 Å². The average molecular weight is 615 g/mol. The Morgan fingerprint density at radius 3 is 2.56 bits per heavy atom. The molecule has 11 heteroatoms. The summed E-state index contributed by atoms with van der Waals surface area (Å²) in [6.07, 6.45) is 6.71. The maximum atomic E-state index is 14.1. The maximum absolute atomic E-state index is 14.1. The van der Waals surface area contributed by atoms with Gasteiger partial charge in [-0.05, 0) is 69.0 Å². The van der Waals surface area contributed by atoms with E-state index in [1.807, 2.05) is 48.2 Å². The number of H-pyrrole nitrogens is 1. The number of piperidine rings is 3. The topological polar surface area (TPSA) is 120 Å². The number of carbonyl (C=O) groups excluding carboxylic acids is 3. The Kier molecular flexibility index (Phi) is 8.12. The molecule has 3 saturated heterocycles. The van der Waals surface area contributed by atoms with E-state index in [0.717, 1.165) is 59.2 Å². The molecule has 3 amide bonds. The van der Waals surface area contributed by atoms with Gasteiger partial charge in [0.2, 0.25) is 0 Å². The minimum Gasteiger partial charge on any atom is -0.438 e. The second kappa shape index (κ2) is 12.3. The standard InChI is InChI=1S/C34H42N6O5/c1-23-19-24(20-25-22-35-37-30(23)25)21-29(31(41)39-15-9-26(10-16-39)38-13-5-2-6-14-38)44-33(43)40-17-11-34(12-18-40)27-7-3-4-8-28(27)36-32(42)45-34/h3-4,7-8,19-20,22,26,29H,2,5-6,9-18,21H2,1H3,(H,35,37)(H,36,42)/t29-/m1/s1. The van der Waals surface area contributed by atoms with Crippen LogP contribution in [0.4, 0.5) is 15.3 Å². The summed E-state index contributed by atoms with van der Waals surface area (Å²) >= 11 is 0. The van der Waals surface area contributed by atoms with Gasteiger partial charge in [0, 0.05) is 62.4 Å². The van der Waals surface area contributed by atoms with Gasteiger partial charge in [-0.2, -0.15) is 5.10 Å². The van der Waals surface area contributed by atoms with Gasteiger partial charge in [0.05, 0.1) is 17.4 Å². The molecule has 3 fully saturated rings. The third-order valence-electron chi connectivity index (χ3n) is 10.2. The molecule has 3 aromatic rings. The Labute approximate surface area is 263 Å². The monoisotopic (exact) mass is 614 g/mol. The zero-order chi connectivity index (χ0) is 31.0. The van der Waals surface area contributed by atoms with Crippen LogP contribution < -0.4 is 5.32 Å². The quantitative estimate of drug-likeness (QED) is 0.417. The minimum absolute atomic E-state index is 0.139. The first-order chi connectivity index (χ1) is 21.9. The van der Waals surface area contributed by atoms with E-state index in [0.29, 0.717) is 45.1 Å². The van der Waals surface area contributed by atoms with Crippen molar-refractivity contribution in [2.24, 2.45) is 0 Å². The number of para-hydroxylation sites is 1. The van der Waals surface area contributed by atoms with Crippen molar-refractivity contribution in [1.29, 1.82) is 0 Å². The van der Waals surface area contributed by atoms with Gasteiger partial charge in [-0.3, -0.25) is 15.2 Å². The highest BCUT2D eigenvalue weighted by atomic mass is 16.6. The van der Waals surface area contributed by atoms with E-state index in [4.69, 9.17) is 9.47 Å². The van der Waals surface area contributed by atoms with Gasteiger partial charge < -0.3 is 24.2 Å². The number of aromatic amines is 1. The predicted molar refractivity (Wildman–Crippen MR) is 169 cm³/mol. The summed E-state index contributed by atoms with van der Waals surface area (Å²) in [7, 11) is 0. The van der Waals surface area contributed by atoms with Gasteiger partial charge in [0.15, 0.2) is 6.10 Å². The molecule has 238 valence electrons. The van der Waals surface area contributed by atoms with Gasteiger partial charge in [-0.15, -0.1) is 0 Å². The maximum Gasteiger partial charge on any atom is 0.412 e. The van der Waals surface area contributed by atoms with Crippen molar-refractivity contribution in [3.8, 4) is 0 Å². The van der Waals surface area contributed by atoms with Gasteiger partial charge in [-0.25, -0.2) is 9.59 Å². The first-order valence-corrected chi connectivity index (χ1v) is 16.4. The number of hydrogen-bond donors (Lipinski definition) is 2. The highest BCUT2D eigenvalue weighted by Gasteiger charge is 2.45. The highest BCUT2D eigenvalue weighted by Crippen LogP contribution is 2.43. The molecule has 2 N–H and O–H groups in total. The second-order valence-electron chi connectivity index (χ2n) is 13.0. The molecular weight excluding hydrogens is 572 g/mol. The lowest BCUT2D eigenvalue weighted by atomic mass is 9.82. The molecule has 5 heterocycles. The van der Waals surface area contributed by atoms with Crippen LogP contribution in [-0.2, 0) is 26.3 Å². The SMILES string of the molecule is Cc1cc(C[C@@H](OC(=O)N2CCC3(CC2)OC(=O)Nc2ccccc23)C(=O)N2CCC(N3CCCCC3)CC2)cc2cn[nH]c12. The van der Waals surface area contributed by atoms with Crippen LogP contribution in [0.5, 0.6) is 0 Å². The molecule has 0 aliphatic carbocycles. The summed E-state index contributed by atoms with van der Waals surface area (Å²) in [5.74, 6) is -0.139. The van der Waals surface area contributed by atoms with Crippen LogP contribution in [0.25, 0.3) is 10.9 Å². The lowest BCUT2D eigenvalue weighted by molar-refractivity contribution is -0.142.